The number of halogens is 1. The second kappa shape index (κ2) is 4.18. The highest BCUT2D eigenvalue weighted by molar-refractivity contribution is 9.10. The molecule has 2 heterocycles. The van der Waals surface area contributed by atoms with Crippen LogP contribution >= 0.6 is 15.9 Å². The van der Waals surface area contributed by atoms with Crippen molar-refractivity contribution in [2.75, 3.05) is 0 Å². The number of hydrogen-bond acceptors (Lipinski definition) is 2. The van der Waals surface area contributed by atoms with Gasteiger partial charge in [-0.2, -0.15) is 10.2 Å². The summed E-state index contributed by atoms with van der Waals surface area (Å²) < 4.78 is 4.92. The Kier molecular flexibility index (Phi) is 2.90. The first-order chi connectivity index (χ1) is 7.15. The van der Waals surface area contributed by atoms with Gasteiger partial charge in [0.2, 0.25) is 0 Å². The molecule has 0 saturated heterocycles. The van der Waals surface area contributed by atoms with Gasteiger partial charge in [0.25, 0.3) is 0 Å². The minimum atomic E-state index is 0.841. The first-order valence-electron chi connectivity index (χ1n) is 4.84. The van der Waals surface area contributed by atoms with Crippen molar-refractivity contribution in [3.8, 4) is 0 Å². The van der Waals surface area contributed by atoms with E-state index in [1.165, 1.54) is 5.69 Å². The highest BCUT2D eigenvalue weighted by atomic mass is 79.9. The van der Waals surface area contributed by atoms with Gasteiger partial charge in [-0.1, -0.05) is 0 Å². The van der Waals surface area contributed by atoms with E-state index in [1.54, 1.807) is 6.20 Å². The molecule has 2 rings (SSSR count). The normalized spacial score (nSPS) is 10.9. The Labute approximate surface area is 97.0 Å². The maximum Gasteiger partial charge on any atom is 0.0632 e. The van der Waals surface area contributed by atoms with Crippen LogP contribution in [0.25, 0.3) is 0 Å². The van der Waals surface area contributed by atoms with Crippen LogP contribution in [0.15, 0.2) is 22.9 Å². The van der Waals surface area contributed by atoms with Crippen LogP contribution in [0, 0.1) is 13.8 Å². The van der Waals surface area contributed by atoms with Crippen molar-refractivity contribution in [1.82, 2.24) is 19.6 Å². The van der Waals surface area contributed by atoms with E-state index in [0.717, 1.165) is 23.3 Å². The van der Waals surface area contributed by atoms with E-state index in [2.05, 4.69) is 39.1 Å². The summed E-state index contributed by atoms with van der Waals surface area (Å²) in [6.45, 7) is 5.77. The Hall–Kier alpha value is -1.10. The summed E-state index contributed by atoms with van der Waals surface area (Å²) in [5.74, 6) is 0. The molecule has 0 amide bonds. The first kappa shape index (κ1) is 10.4. The molecule has 0 aromatic carbocycles. The highest BCUT2D eigenvalue weighted by Gasteiger charge is 2.01. The Morgan fingerprint density at radius 2 is 2.13 bits per heavy atom. The molecule has 0 unspecified atom stereocenters. The molecule has 15 heavy (non-hydrogen) atoms. The summed E-state index contributed by atoms with van der Waals surface area (Å²) in [5.41, 5.74) is 2.26. The molecule has 5 heteroatoms. The zero-order valence-electron chi connectivity index (χ0n) is 8.81. The minimum absolute atomic E-state index is 0.841. The standard InChI is InChI=1S/C10H13BrN4/c1-8-5-9(2)15(13-8)4-3-14-7-10(11)6-12-14/h5-7H,3-4H2,1-2H3. The molecule has 0 aliphatic heterocycles. The summed E-state index contributed by atoms with van der Waals surface area (Å²) in [4.78, 5) is 0. The third-order valence-electron chi connectivity index (χ3n) is 2.25. The second-order valence-corrected chi connectivity index (χ2v) is 4.49. The van der Waals surface area contributed by atoms with Gasteiger partial charge in [0.15, 0.2) is 0 Å². The smallest absolute Gasteiger partial charge is 0.0632 e. The summed E-state index contributed by atoms with van der Waals surface area (Å²) in [7, 11) is 0. The van der Waals surface area contributed by atoms with Crippen LogP contribution in [-0.2, 0) is 13.1 Å². The highest BCUT2D eigenvalue weighted by Crippen LogP contribution is 2.07. The Balaban J connectivity index is 2.01. The van der Waals surface area contributed by atoms with Crippen molar-refractivity contribution in [3.63, 3.8) is 0 Å². The number of aryl methyl sites for hydroxylation is 4. The Bertz CT molecular complexity index is 458. The molecule has 80 valence electrons. The van der Waals surface area contributed by atoms with Gasteiger partial charge in [0.1, 0.15) is 0 Å². The van der Waals surface area contributed by atoms with Gasteiger partial charge < -0.3 is 0 Å². The lowest BCUT2D eigenvalue weighted by Crippen LogP contribution is -2.10. The molecular formula is C10H13BrN4. The Morgan fingerprint density at radius 3 is 2.67 bits per heavy atom. The molecule has 0 N–H and O–H groups in total. The largest absolute Gasteiger partial charge is 0.270 e. The second-order valence-electron chi connectivity index (χ2n) is 3.57. The maximum atomic E-state index is 4.40. The molecule has 0 atom stereocenters. The van der Waals surface area contributed by atoms with Crippen LogP contribution in [0.5, 0.6) is 0 Å². The fourth-order valence-electron chi connectivity index (χ4n) is 1.56. The van der Waals surface area contributed by atoms with Gasteiger partial charge >= 0.3 is 0 Å². The molecule has 0 aliphatic carbocycles. The summed E-state index contributed by atoms with van der Waals surface area (Å²) in [6, 6.07) is 2.08. The van der Waals surface area contributed by atoms with Crippen LogP contribution < -0.4 is 0 Å². The zero-order valence-corrected chi connectivity index (χ0v) is 10.4. The molecular weight excluding hydrogens is 256 g/mol. The van der Waals surface area contributed by atoms with E-state index in [0.29, 0.717) is 0 Å². The lowest BCUT2D eigenvalue weighted by atomic mass is 10.4. The van der Waals surface area contributed by atoms with Crippen molar-refractivity contribution in [2.24, 2.45) is 0 Å². The average molecular weight is 269 g/mol. The molecule has 0 fully saturated rings. The first-order valence-corrected chi connectivity index (χ1v) is 5.63. The van der Waals surface area contributed by atoms with E-state index >= 15 is 0 Å². The predicted octanol–water partition coefficient (Wildman–Crippen LogP) is 2.16. The molecule has 4 nitrogen and oxygen atoms in total. The van der Waals surface area contributed by atoms with Crippen molar-refractivity contribution < 1.29 is 0 Å². The molecule has 0 bridgehead atoms. The lowest BCUT2D eigenvalue weighted by molar-refractivity contribution is 0.491. The topological polar surface area (TPSA) is 35.6 Å². The summed E-state index contributed by atoms with van der Waals surface area (Å²) in [5, 5.41) is 8.59. The van der Waals surface area contributed by atoms with Gasteiger partial charge in [0, 0.05) is 11.9 Å². The SMILES string of the molecule is Cc1cc(C)n(CCn2cc(Br)cn2)n1. The van der Waals surface area contributed by atoms with Crippen LogP contribution in [0.4, 0.5) is 0 Å². The third kappa shape index (κ3) is 2.47. The predicted molar refractivity (Wildman–Crippen MR) is 61.6 cm³/mol. The molecule has 2 aromatic heterocycles. The lowest BCUT2D eigenvalue weighted by Gasteiger charge is -2.04. The number of rotatable bonds is 3. The number of hydrogen-bond donors (Lipinski definition) is 0. The van der Waals surface area contributed by atoms with E-state index in [-0.39, 0.29) is 0 Å². The van der Waals surface area contributed by atoms with E-state index in [4.69, 9.17) is 0 Å². The van der Waals surface area contributed by atoms with Gasteiger partial charge in [-0.05, 0) is 35.8 Å². The third-order valence-corrected chi connectivity index (χ3v) is 2.66. The van der Waals surface area contributed by atoms with E-state index in [1.807, 2.05) is 22.5 Å². The summed E-state index contributed by atoms with van der Waals surface area (Å²) in [6.07, 6.45) is 3.76. The van der Waals surface area contributed by atoms with Crippen molar-refractivity contribution in [3.05, 3.63) is 34.3 Å². The van der Waals surface area contributed by atoms with Crippen LogP contribution in [-0.4, -0.2) is 19.6 Å². The Morgan fingerprint density at radius 1 is 1.33 bits per heavy atom. The van der Waals surface area contributed by atoms with Crippen molar-refractivity contribution in [1.29, 1.82) is 0 Å². The van der Waals surface area contributed by atoms with E-state index < -0.39 is 0 Å². The van der Waals surface area contributed by atoms with Crippen LogP contribution in [0.1, 0.15) is 11.4 Å². The van der Waals surface area contributed by atoms with Gasteiger partial charge in [-0.25, -0.2) is 0 Å². The maximum absolute atomic E-state index is 4.40. The number of nitrogens with zero attached hydrogens (tertiary/aromatic N) is 4. The molecule has 2 aromatic rings. The van der Waals surface area contributed by atoms with Gasteiger partial charge in [0.05, 0.1) is 29.5 Å². The zero-order chi connectivity index (χ0) is 10.8. The molecule has 0 saturated carbocycles. The fourth-order valence-corrected chi connectivity index (χ4v) is 1.89. The van der Waals surface area contributed by atoms with Gasteiger partial charge in [-0.15, -0.1) is 0 Å². The van der Waals surface area contributed by atoms with Gasteiger partial charge in [-0.3, -0.25) is 9.36 Å². The van der Waals surface area contributed by atoms with Crippen molar-refractivity contribution in [2.45, 2.75) is 26.9 Å². The monoisotopic (exact) mass is 268 g/mol. The number of aromatic nitrogens is 4. The average Bonchev–Trinajstić information content (AvgIpc) is 2.70. The molecule has 0 aliphatic rings. The van der Waals surface area contributed by atoms with E-state index in [9.17, 15) is 0 Å². The fraction of sp³-hybridized carbons (Fsp3) is 0.400. The molecule has 0 spiro atoms. The van der Waals surface area contributed by atoms with Crippen LogP contribution in [0.3, 0.4) is 0 Å². The van der Waals surface area contributed by atoms with Crippen LogP contribution in [0.2, 0.25) is 0 Å². The van der Waals surface area contributed by atoms with Crippen molar-refractivity contribution >= 4 is 15.9 Å². The summed E-state index contributed by atoms with van der Waals surface area (Å²) >= 11 is 3.37. The minimum Gasteiger partial charge on any atom is -0.270 e. The quantitative estimate of drug-likeness (QED) is 0.856. The molecule has 0 radical (unpaired) electrons.